The number of rotatable bonds is 1. The highest BCUT2D eigenvalue weighted by Crippen LogP contribution is 2.23. The third-order valence-electron chi connectivity index (χ3n) is 2.89. The van der Waals surface area contributed by atoms with Gasteiger partial charge in [-0.3, -0.25) is 0 Å². The normalized spacial score (nSPS) is 21.2. The van der Waals surface area contributed by atoms with Crippen LogP contribution in [0.25, 0.3) is 11.0 Å². The molecule has 3 rings (SSSR count). The van der Waals surface area contributed by atoms with Gasteiger partial charge in [0.15, 0.2) is 0 Å². The SMILES string of the molecule is Nc1nc(C2CCNC2)nc2[nH]ccc12. The maximum Gasteiger partial charge on any atom is 0.143 e. The Bertz CT molecular complexity index is 484. The smallest absolute Gasteiger partial charge is 0.143 e. The van der Waals surface area contributed by atoms with Crippen LogP contribution in [0.4, 0.5) is 5.82 Å². The minimum atomic E-state index is 0.403. The molecular formula is C10H13N5. The number of nitrogen functional groups attached to an aromatic ring is 1. The van der Waals surface area contributed by atoms with Crippen LogP contribution in [0.5, 0.6) is 0 Å². The fourth-order valence-corrected chi connectivity index (χ4v) is 2.04. The Hall–Kier alpha value is -1.62. The van der Waals surface area contributed by atoms with Gasteiger partial charge in [0.25, 0.3) is 0 Å². The van der Waals surface area contributed by atoms with Crippen LogP contribution < -0.4 is 11.1 Å². The molecule has 1 aliphatic rings. The van der Waals surface area contributed by atoms with Crippen LogP contribution in [0.1, 0.15) is 18.2 Å². The number of fused-ring (bicyclic) bond motifs is 1. The molecule has 0 aliphatic carbocycles. The maximum absolute atomic E-state index is 5.88. The van der Waals surface area contributed by atoms with Crippen LogP contribution in [0.15, 0.2) is 12.3 Å². The zero-order valence-corrected chi connectivity index (χ0v) is 8.33. The van der Waals surface area contributed by atoms with E-state index in [1.54, 1.807) is 0 Å². The minimum Gasteiger partial charge on any atom is -0.383 e. The molecule has 2 aromatic heterocycles. The number of nitrogens with two attached hydrogens (primary N) is 1. The zero-order valence-electron chi connectivity index (χ0n) is 8.33. The summed E-state index contributed by atoms with van der Waals surface area (Å²) in [7, 11) is 0. The highest BCUT2D eigenvalue weighted by molar-refractivity contribution is 5.85. The van der Waals surface area contributed by atoms with Crippen LogP contribution in [0.2, 0.25) is 0 Å². The van der Waals surface area contributed by atoms with Crippen molar-refractivity contribution in [3.8, 4) is 0 Å². The highest BCUT2D eigenvalue weighted by Gasteiger charge is 2.20. The fraction of sp³-hybridized carbons (Fsp3) is 0.400. The minimum absolute atomic E-state index is 0.403. The van der Waals surface area contributed by atoms with Crippen LogP contribution >= 0.6 is 0 Å². The molecule has 1 aliphatic heterocycles. The van der Waals surface area contributed by atoms with Crippen LogP contribution in [0, 0.1) is 0 Å². The summed E-state index contributed by atoms with van der Waals surface area (Å²) in [6.45, 7) is 1.99. The first-order valence-corrected chi connectivity index (χ1v) is 5.16. The van der Waals surface area contributed by atoms with Crippen molar-refractivity contribution >= 4 is 16.9 Å². The molecule has 5 nitrogen and oxygen atoms in total. The molecule has 1 saturated heterocycles. The summed E-state index contributed by atoms with van der Waals surface area (Å²) in [5.41, 5.74) is 6.71. The van der Waals surface area contributed by atoms with E-state index in [1.807, 2.05) is 12.3 Å². The largest absolute Gasteiger partial charge is 0.383 e. The topological polar surface area (TPSA) is 79.6 Å². The molecule has 0 bridgehead atoms. The molecule has 1 unspecified atom stereocenters. The van der Waals surface area contributed by atoms with Crippen molar-refractivity contribution < 1.29 is 0 Å². The average Bonchev–Trinajstić information content (AvgIpc) is 2.88. The number of aromatic nitrogens is 3. The molecule has 4 N–H and O–H groups in total. The molecule has 1 fully saturated rings. The fourth-order valence-electron chi connectivity index (χ4n) is 2.04. The molecule has 78 valence electrons. The van der Waals surface area contributed by atoms with Crippen LogP contribution in [0.3, 0.4) is 0 Å². The lowest BCUT2D eigenvalue weighted by atomic mass is 10.1. The molecule has 0 aromatic carbocycles. The van der Waals surface area contributed by atoms with E-state index in [2.05, 4.69) is 20.3 Å². The lowest BCUT2D eigenvalue weighted by Crippen LogP contribution is -2.11. The van der Waals surface area contributed by atoms with Gasteiger partial charge in [-0.05, 0) is 19.0 Å². The van der Waals surface area contributed by atoms with Gasteiger partial charge in [0.05, 0.1) is 5.39 Å². The van der Waals surface area contributed by atoms with E-state index in [0.717, 1.165) is 36.4 Å². The number of hydrogen-bond donors (Lipinski definition) is 3. The maximum atomic E-state index is 5.88. The highest BCUT2D eigenvalue weighted by atomic mass is 15.0. The molecule has 0 spiro atoms. The predicted molar refractivity (Wildman–Crippen MR) is 58.5 cm³/mol. The van der Waals surface area contributed by atoms with Gasteiger partial charge in [0, 0.05) is 18.7 Å². The summed E-state index contributed by atoms with van der Waals surface area (Å²) in [4.78, 5) is 11.9. The van der Waals surface area contributed by atoms with Crippen molar-refractivity contribution in [1.82, 2.24) is 20.3 Å². The third kappa shape index (κ3) is 1.35. The van der Waals surface area contributed by atoms with E-state index in [1.165, 1.54) is 0 Å². The summed E-state index contributed by atoms with van der Waals surface area (Å²) >= 11 is 0. The van der Waals surface area contributed by atoms with Crippen molar-refractivity contribution in [3.63, 3.8) is 0 Å². The molecule has 15 heavy (non-hydrogen) atoms. The van der Waals surface area contributed by atoms with Crippen molar-refractivity contribution in [2.24, 2.45) is 0 Å². The summed E-state index contributed by atoms with van der Waals surface area (Å²) in [6.07, 6.45) is 2.93. The molecule has 3 heterocycles. The number of anilines is 1. The Morgan fingerprint density at radius 2 is 2.33 bits per heavy atom. The number of nitrogens with one attached hydrogen (secondary N) is 2. The summed E-state index contributed by atoms with van der Waals surface area (Å²) < 4.78 is 0. The number of H-pyrrole nitrogens is 1. The van der Waals surface area contributed by atoms with E-state index in [9.17, 15) is 0 Å². The monoisotopic (exact) mass is 203 g/mol. The van der Waals surface area contributed by atoms with Gasteiger partial charge in [-0.1, -0.05) is 0 Å². The molecule has 0 saturated carbocycles. The summed E-state index contributed by atoms with van der Waals surface area (Å²) in [5, 5.41) is 4.21. The zero-order chi connectivity index (χ0) is 10.3. The Balaban J connectivity index is 2.11. The second-order valence-corrected chi connectivity index (χ2v) is 3.90. The van der Waals surface area contributed by atoms with Crippen LogP contribution in [-0.4, -0.2) is 28.0 Å². The molecule has 2 aromatic rings. The second kappa shape index (κ2) is 3.20. The van der Waals surface area contributed by atoms with Crippen molar-refractivity contribution in [1.29, 1.82) is 0 Å². The van der Waals surface area contributed by atoms with Gasteiger partial charge < -0.3 is 16.0 Å². The number of aromatic amines is 1. The van der Waals surface area contributed by atoms with Gasteiger partial charge in [-0.15, -0.1) is 0 Å². The number of hydrogen-bond acceptors (Lipinski definition) is 4. The Morgan fingerprint density at radius 3 is 3.13 bits per heavy atom. The first-order valence-electron chi connectivity index (χ1n) is 5.16. The van der Waals surface area contributed by atoms with E-state index in [0.29, 0.717) is 11.7 Å². The first kappa shape index (κ1) is 8.67. The Kier molecular flexibility index (Phi) is 1.85. The number of nitrogens with zero attached hydrogens (tertiary/aromatic N) is 2. The van der Waals surface area contributed by atoms with Crippen LogP contribution in [-0.2, 0) is 0 Å². The van der Waals surface area contributed by atoms with Gasteiger partial charge in [0.2, 0.25) is 0 Å². The molecule has 5 heteroatoms. The average molecular weight is 203 g/mol. The Labute approximate surface area is 87.1 Å². The quantitative estimate of drug-likeness (QED) is 0.634. The van der Waals surface area contributed by atoms with Crippen molar-refractivity contribution in [3.05, 3.63) is 18.1 Å². The lowest BCUT2D eigenvalue weighted by molar-refractivity contribution is 0.708. The van der Waals surface area contributed by atoms with E-state index < -0.39 is 0 Å². The lowest BCUT2D eigenvalue weighted by Gasteiger charge is -2.07. The molecular weight excluding hydrogens is 190 g/mol. The Morgan fingerprint density at radius 1 is 1.40 bits per heavy atom. The summed E-state index contributed by atoms with van der Waals surface area (Å²) in [5.74, 6) is 1.83. The van der Waals surface area contributed by atoms with E-state index in [-0.39, 0.29) is 0 Å². The van der Waals surface area contributed by atoms with Crippen molar-refractivity contribution in [2.75, 3.05) is 18.8 Å². The van der Waals surface area contributed by atoms with Crippen molar-refractivity contribution in [2.45, 2.75) is 12.3 Å². The van der Waals surface area contributed by atoms with E-state index in [4.69, 9.17) is 5.73 Å². The van der Waals surface area contributed by atoms with Gasteiger partial charge >= 0.3 is 0 Å². The first-order chi connectivity index (χ1) is 7.34. The van der Waals surface area contributed by atoms with Gasteiger partial charge in [0.1, 0.15) is 17.3 Å². The standard InChI is InChI=1S/C10H13N5/c11-8-7-2-4-13-10(7)15-9(14-8)6-1-3-12-5-6/h2,4,6,12H,1,3,5H2,(H3,11,13,14,15). The second-order valence-electron chi connectivity index (χ2n) is 3.90. The third-order valence-corrected chi connectivity index (χ3v) is 2.89. The van der Waals surface area contributed by atoms with Gasteiger partial charge in [-0.25, -0.2) is 9.97 Å². The molecule has 0 amide bonds. The molecule has 1 atom stereocenters. The summed E-state index contributed by atoms with van der Waals surface area (Å²) in [6, 6.07) is 1.90. The van der Waals surface area contributed by atoms with E-state index >= 15 is 0 Å². The van der Waals surface area contributed by atoms with Gasteiger partial charge in [-0.2, -0.15) is 0 Å². The predicted octanol–water partition coefficient (Wildman–Crippen LogP) is 0.617. The molecule has 0 radical (unpaired) electrons.